The molecule has 100 valence electrons. The van der Waals surface area contributed by atoms with Gasteiger partial charge in [-0.2, -0.15) is 10.1 Å². The van der Waals surface area contributed by atoms with Crippen molar-refractivity contribution in [2.24, 2.45) is 0 Å². The van der Waals surface area contributed by atoms with Gasteiger partial charge in [-0.05, 0) is 26.7 Å². The number of carbonyl (C=O) groups is 1. The first-order valence-corrected chi connectivity index (χ1v) is 5.71. The fraction of sp³-hybridized carbons (Fsp3) is 0.700. The topological polar surface area (TPSA) is 71.8 Å². The highest BCUT2D eigenvalue weighted by atomic mass is 19.3. The Balaban J connectivity index is 1.97. The zero-order valence-electron chi connectivity index (χ0n) is 10.2. The van der Waals surface area contributed by atoms with E-state index in [0.29, 0.717) is 12.8 Å². The summed E-state index contributed by atoms with van der Waals surface area (Å²) in [7, 11) is 0. The highest BCUT2D eigenvalue weighted by Crippen LogP contribution is 2.40. The quantitative estimate of drug-likeness (QED) is 0.865. The number of anilines is 1. The maximum Gasteiger partial charge on any atom is 0.322 e. The van der Waals surface area contributed by atoms with Gasteiger partial charge in [0.2, 0.25) is 5.95 Å². The summed E-state index contributed by atoms with van der Waals surface area (Å²) in [4.78, 5) is 15.5. The SMILES string of the molecule is CC(C)n1ncnc1NC(=O)NC1(C(F)F)CC1. The molecule has 1 aromatic heterocycles. The Hall–Kier alpha value is -1.73. The van der Waals surface area contributed by atoms with E-state index in [-0.39, 0.29) is 12.0 Å². The number of halogens is 2. The molecule has 2 amide bonds. The van der Waals surface area contributed by atoms with Crippen molar-refractivity contribution in [1.82, 2.24) is 20.1 Å². The van der Waals surface area contributed by atoms with Crippen LogP contribution < -0.4 is 10.6 Å². The monoisotopic (exact) mass is 259 g/mol. The Morgan fingerprint density at radius 1 is 1.50 bits per heavy atom. The van der Waals surface area contributed by atoms with Gasteiger partial charge in [0.1, 0.15) is 11.9 Å². The van der Waals surface area contributed by atoms with Crippen molar-refractivity contribution >= 4 is 12.0 Å². The van der Waals surface area contributed by atoms with Crippen LogP contribution in [0, 0.1) is 0 Å². The fourth-order valence-electron chi connectivity index (χ4n) is 1.61. The van der Waals surface area contributed by atoms with Crippen LogP contribution in [-0.4, -0.2) is 32.8 Å². The molecular formula is C10H15F2N5O. The summed E-state index contributed by atoms with van der Waals surface area (Å²) < 4.78 is 26.8. The molecular weight excluding hydrogens is 244 g/mol. The number of carbonyl (C=O) groups excluding carboxylic acids is 1. The molecule has 0 aromatic carbocycles. The Morgan fingerprint density at radius 2 is 2.17 bits per heavy atom. The molecule has 1 saturated carbocycles. The van der Waals surface area contributed by atoms with Crippen molar-refractivity contribution in [1.29, 1.82) is 0 Å². The summed E-state index contributed by atoms with van der Waals surface area (Å²) >= 11 is 0. The predicted molar refractivity (Wildman–Crippen MR) is 60.5 cm³/mol. The number of amides is 2. The first kappa shape index (κ1) is 12.7. The van der Waals surface area contributed by atoms with Crippen LogP contribution in [0.2, 0.25) is 0 Å². The fourth-order valence-corrected chi connectivity index (χ4v) is 1.61. The van der Waals surface area contributed by atoms with Gasteiger partial charge >= 0.3 is 6.03 Å². The van der Waals surface area contributed by atoms with Crippen molar-refractivity contribution in [2.45, 2.75) is 44.7 Å². The second-order valence-electron chi connectivity index (χ2n) is 4.66. The summed E-state index contributed by atoms with van der Waals surface area (Å²) in [6, 6.07) is -0.657. The lowest BCUT2D eigenvalue weighted by molar-refractivity contribution is 0.0908. The third-order valence-electron chi connectivity index (χ3n) is 2.86. The number of hydrogen-bond acceptors (Lipinski definition) is 3. The van der Waals surface area contributed by atoms with Gasteiger partial charge in [0, 0.05) is 0 Å². The van der Waals surface area contributed by atoms with E-state index in [4.69, 9.17) is 0 Å². The third-order valence-corrected chi connectivity index (χ3v) is 2.86. The maximum atomic E-state index is 12.6. The number of nitrogens with one attached hydrogen (secondary N) is 2. The largest absolute Gasteiger partial charge is 0.327 e. The molecule has 0 unspecified atom stereocenters. The van der Waals surface area contributed by atoms with E-state index in [2.05, 4.69) is 20.7 Å². The molecule has 1 heterocycles. The van der Waals surface area contributed by atoms with Crippen molar-refractivity contribution in [3.05, 3.63) is 6.33 Å². The van der Waals surface area contributed by atoms with Crippen LogP contribution in [0.25, 0.3) is 0 Å². The van der Waals surface area contributed by atoms with Crippen LogP contribution in [0.15, 0.2) is 6.33 Å². The van der Waals surface area contributed by atoms with Crippen LogP contribution in [0.5, 0.6) is 0 Å². The molecule has 8 heteroatoms. The molecule has 0 radical (unpaired) electrons. The summed E-state index contributed by atoms with van der Waals surface area (Å²) in [5.74, 6) is 0.243. The van der Waals surface area contributed by atoms with Crippen LogP contribution in [0.4, 0.5) is 19.5 Å². The zero-order valence-corrected chi connectivity index (χ0v) is 10.2. The van der Waals surface area contributed by atoms with Crippen LogP contribution >= 0.6 is 0 Å². The Morgan fingerprint density at radius 3 is 2.67 bits per heavy atom. The average Bonchev–Trinajstić information content (AvgIpc) is 2.89. The number of hydrogen-bond donors (Lipinski definition) is 2. The molecule has 1 aromatic rings. The first-order chi connectivity index (χ1) is 8.44. The third kappa shape index (κ3) is 2.41. The number of aromatic nitrogens is 3. The number of urea groups is 1. The molecule has 0 atom stereocenters. The van der Waals surface area contributed by atoms with Gasteiger partial charge in [-0.3, -0.25) is 5.32 Å². The van der Waals surface area contributed by atoms with Crippen LogP contribution in [-0.2, 0) is 0 Å². The molecule has 6 nitrogen and oxygen atoms in total. The lowest BCUT2D eigenvalue weighted by Crippen LogP contribution is -2.44. The molecule has 2 N–H and O–H groups in total. The summed E-state index contributed by atoms with van der Waals surface area (Å²) in [5, 5.41) is 8.65. The molecule has 0 bridgehead atoms. The lowest BCUT2D eigenvalue weighted by atomic mass is 10.3. The summed E-state index contributed by atoms with van der Waals surface area (Å²) in [6.07, 6.45) is -0.647. The van der Waals surface area contributed by atoms with E-state index in [1.54, 1.807) is 0 Å². The number of rotatable bonds is 4. The van der Waals surface area contributed by atoms with Crippen LogP contribution in [0.1, 0.15) is 32.7 Å². The van der Waals surface area contributed by atoms with Gasteiger partial charge in [0.05, 0.1) is 6.04 Å². The van der Waals surface area contributed by atoms with Gasteiger partial charge in [-0.25, -0.2) is 18.3 Å². The van der Waals surface area contributed by atoms with Gasteiger partial charge in [0.15, 0.2) is 0 Å². The molecule has 0 saturated heterocycles. The minimum atomic E-state index is -2.55. The summed E-state index contributed by atoms with van der Waals surface area (Å²) in [6.45, 7) is 3.75. The summed E-state index contributed by atoms with van der Waals surface area (Å²) in [5.41, 5.74) is -1.35. The Labute approximate surface area is 103 Å². The number of alkyl halides is 2. The van der Waals surface area contributed by atoms with E-state index in [0.717, 1.165) is 0 Å². The normalized spacial score (nSPS) is 17.0. The highest BCUT2D eigenvalue weighted by Gasteiger charge is 2.52. The molecule has 1 aliphatic carbocycles. The lowest BCUT2D eigenvalue weighted by Gasteiger charge is -2.17. The second kappa shape index (κ2) is 4.51. The van der Waals surface area contributed by atoms with Crippen molar-refractivity contribution in [2.75, 3.05) is 5.32 Å². The minimum Gasteiger partial charge on any atom is -0.327 e. The van der Waals surface area contributed by atoms with E-state index < -0.39 is 18.0 Å². The van der Waals surface area contributed by atoms with E-state index in [9.17, 15) is 13.6 Å². The van der Waals surface area contributed by atoms with E-state index in [1.165, 1.54) is 11.0 Å². The Bertz CT molecular complexity index is 441. The Kier molecular flexibility index (Phi) is 3.18. The first-order valence-electron chi connectivity index (χ1n) is 5.71. The zero-order chi connectivity index (χ0) is 13.3. The van der Waals surface area contributed by atoms with Gasteiger partial charge in [-0.15, -0.1) is 0 Å². The van der Waals surface area contributed by atoms with Gasteiger partial charge in [-0.1, -0.05) is 0 Å². The molecule has 2 rings (SSSR count). The maximum absolute atomic E-state index is 12.6. The van der Waals surface area contributed by atoms with Gasteiger partial charge in [0.25, 0.3) is 6.43 Å². The smallest absolute Gasteiger partial charge is 0.322 e. The average molecular weight is 259 g/mol. The van der Waals surface area contributed by atoms with E-state index >= 15 is 0 Å². The van der Waals surface area contributed by atoms with Gasteiger partial charge < -0.3 is 5.32 Å². The van der Waals surface area contributed by atoms with Crippen molar-refractivity contribution in [3.63, 3.8) is 0 Å². The standard InChI is InChI=1S/C10H15F2N5O/c1-6(2)17-8(13-5-14-17)15-9(18)16-10(3-4-10)7(11)12/h5-7H,3-4H2,1-2H3,(H2,13,14,15,16,18). The van der Waals surface area contributed by atoms with Crippen molar-refractivity contribution in [3.8, 4) is 0 Å². The molecule has 1 aliphatic rings. The van der Waals surface area contributed by atoms with Crippen molar-refractivity contribution < 1.29 is 13.6 Å². The van der Waals surface area contributed by atoms with E-state index in [1.807, 2.05) is 13.8 Å². The highest BCUT2D eigenvalue weighted by molar-refractivity contribution is 5.88. The predicted octanol–water partition coefficient (Wildman–Crippen LogP) is 1.78. The molecule has 18 heavy (non-hydrogen) atoms. The molecule has 0 aliphatic heterocycles. The van der Waals surface area contributed by atoms with Crippen LogP contribution in [0.3, 0.4) is 0 Å². The number of nitrogens with zero attached hydrogens (tertiary/aromatic N) is 3. The molecule has 0 spiro atoms. The minimum absolute atomic E-state index is 0.0211. The second-order valence-corrected chi connectivity index (χ2v) is 4.66. The molecule has 1 fully saturated rings.